The van der Waals surface area contributed by atoms with Gasteiger partial charge in [-0.1, -0.05) is 140 Å². The zero-order chi connectivity index (χ0) is 40.0. The van der Waals surface area contributed by atoms with Crippen LogP contribution in [0.4, 0.5) is 0 Å². The second-order valence-electron chi connectivity index (χ2n) is 14.4. The molecule has 8 atom stereocenters. The molecule has 0 aromatic rings. The van der Waals surface area contributed by atoms with Gasteiger partial charge in [-0.2, -0.15) is 8.42 Å². The Balaban J connectivity index is 2.68. The van der Waals surface area contributed by atoms with Gasteiger partial charge in [0.2, 0.25) is 5.91 Å². The van der Waals surface area contributed by atoms with Crippen LogP contribution in [0.3, 0.4) is 0 Å². The first-order chi connectivity index (χ1) is 25.9. The Labute approximate surface area is 325 Å². The van der Waals surface area contributed by atoms with Gasteiger partial charge in [-0.25, -0.2) is 4.18 Å². The van der Waals surface area contributed by atoms with Crippen molar-refractivity contribution in [3.8, 4) is 0 Å². The summed E-state index contributed by atoms with van der Waals surface area (Å²) in [5.41, 5.74) is 0. The molecule has 1 aliphatic rings. The summed E-state index contributed by atoms with van der Waals surface area (Å²) >= 11 is 0. The van der Waals surface area contributed by atoms with Gasteiger partial charge >= 0.3 is 10.4 Å². The lowest BCUT2D eigenvalue weighted by molar-refractivity contribution is -0.298. The van der Waals surface area contributed by atoms with Crippen molar-refractivity contribution < 1.29 is 57.0 Å². The van der Waals surface area contributed by atoms with E-state index in [-0.39, 0.29) is 6.42 Å². The molecule has 1 amide bonds. The second kappa shape index (κ2) is 31.4. The van der Waals surface area contributed by atoms with Gasteiger partial charge in [0.1, 0.15) is 30.5 Å². The molecule has 0 bridgehead atoms. The maximum Gasteiger partial charge on any atom is 0.397 e. The maximum absolute atomic E-state index is 13.0. The molecule has 1 fully saturated rings. The zero-order valence-electron chi connectivity index (χ0n) is 32.9. The Kier molecular flexibility index (Phi) is 29.2. The number of unbranched alkanes of at least 4 members (excludes halogenated alkanes) is 17. The van der Waals surface area contributed by atoms with Gasteiger partial charge in [0, 0.05) is 0 Å². The van der Waals surface area contributed by atoms with Crippen LogP contribution in [0.25, 0.3) is 0 Å². The van der Waals surface area contributed by atoms with E-state index in [1.807, 2.05) is 6.08 Å². The number of aliphatic hydroxyl groups excluding tert-OH is 5. The number of nitrogens with one attached hydrogen (secondary N) is 1. The average Bonchev–Trinajstić information content (AvgIpc) is 3.14. The fraction of sp³-hybridized carbons (Fsp3) is 0.825. The normalized spacial score (nSPS) is 22.7. The number of carbonyl (C=O) groups is 1. The number of aliphatic hydroxyl groups is 5. The van der Waals surface area contributed by atoms with Gasteiger partial charge in [0.15, 0.2) is 6.29 Å². The van der Waals surface area contributed by atoms with Crippen molar-refractivity contribution in [2.75, 3.05) is 13.2 Å². The fourth-order valence-electron chi connectivity index (χ4n) is 6.21. The molecule has 54 heavy (non-hydrogen) atoms. The number of ether oxygens (including phenoxy) is 2. The van der Waals surface area contributed by atoms with E-state index in [0.717, 1.165) is 57.8 Å². The summed E-state index contributed by atoms with van der Waals surface area (Å²) in [7, 11) is -5.11. The number of rotatable bonds is 33. The first-order valence-corrected chi connectivity index (χ1v) is 21.9. The molecule has 1 aliphatic heterocycles. The van der Waals surface area contributed by atoms with Gasteiger partial charge in [0.25, 0.3) is 0 Å². The van der Waals surface area contributed by atoms with Gasteiger partial charge < -0.3 is 40.3 Å². The van der Waals surface area contributed by atoms with E-state index in [1.54, 1.807) is 0 Å². The highest BCUT2D eigenvalue weighted by Crippen LogP contribution is 2.26. The third kappa shape index (κ3) is 24.0. The molecule has 0 radical (unpaired) electrons. The van der Waals surface area contributed by atoms with Crippen molar-refractivity contribution in [1.29, 1.82) is 0 Å². The summed E-state index contributed by atoms with van der Waals surface area (Å²) in [6.45, 7) is 3.12. The number of allylic oxidation sites excluding steroid dienone is 5. The quantitative estimate of drug-likeness (QED) is 0.0184. The summed E-state index contributed by atoms with van der Waals surface area (Å²) < 4.78 is 47.3. The third-order valence-corrected chi connectivity index (χ3v) is 10.0. The van der Waals surface area contributed by atoms with Crippen LogP contribution in [-0.4, -0.2) is 107 Å². The maximum atomic E-state index is 13.0. The van der Waals surface area contributed by atoms with E-state index < -0.39 is 78.5 Å². The summed E-state index contributed by atoms with van der Waals surface area (Å²) in [5.74, 6) is -0.718. The SMILES string of the molecule is CCCCC/C=C\C=C/CCCCCCCC(O)C(=O)NC(COC1OC(CO)C(O)C(OS(=O)(=O)O)C1O)C(O)/C=C/CCCCCCCCCCC. The lowest BCUT2D eigenvalue weighted by Crippen LogP contribution is -2.61. The molecule has 8 unspecified atom stereocenters. The molecule has 1 heterocycles. The van der Waals surface area contributed by atoms with E-state index in [0.29, 0.717) is 12.8 Å². The van der Waals surface area contributed by atoms with Crippen LogP contribution in [0.2, 0.25) is 0 Å². The highest BCUT2D eigenvalue weighted by atomic mass is 32.3. The average molecular weight is 792 g/mol. The topological polar surface area (TPSA) is 212 Å². The van der Waals surface area contributed by atoms with Gasteiger partial charge in [-0.05, 0) is 44.9 Å². The van der Waals surface area contributed by atoms with Crippen LogP contribution in [-0.2, 0) is 28.9 Å². The molecule has 0 aliphatic carbocycles. The highest BCUT2D eigenvalue weighted by Gasteiger charge is 2.48. The van der Waals surface area contributed by atoms with E-state index >= 15 is 0 Å². The first kappa shape index (κ1) is 50.3. The number of hydrogen-bond acceptors (Lipinski definition) is 11. The summed E-state index contributed by atoms with van der Waals surface area (Å²) in [5, 5.41) is 54.9. The zero-order valence-corrected chi connectivity index (χ0v) is 33.7. The van der Waals surface area contributed by atoms with E-state index in [2.05, 4.69) is 47.7 Å². The molecule has 1 saturated heterocycles. The Morgan fingerprint density at radius 3 is 1.81 bits per heavy atom. The van der Waals surface area contributed by atoms with Crippen molar-refractivity contribution in [2.24, 2.45) is 0 Å². The molecule has 0 aromatic heterocycles. The molecular weight excluding hydrogens is 719 g/mol. The van der Waals surface area contributed by atoms with Crippen molar-refractivity contribution in [2.45, 2.75) is 198 Å². The molecule has 13 nitrogen and oxygen atoms in total. The molecule has 7 N–H and O–H groups in total. The number of amides is 1. The molecule has 0 spiro atoms. The third-order valence-electron chi connectivity index (χ3n) is 9.55. The lowest BCUT2D eigenvalue weighted by atomic mass is 9.99. The fourth-order valence-corrected chi connectivity index (χ4v) is 6.72. The molecule has 0 aromatic carbocycles. The second-order valence-corrected chi connectivity index (χ2v) is 15.4. The van der Waals surface area contributed by atoms with Crippen molar-refractivity contribution in [1.82, 2.24) is 5.32 Å². The van der Waals surface area contributed by atoms with Crippen LogP contribution in [0, 0.1) is 0 Å². The Hall–Kier alpha value is -1.72. The van der Waals surface area contributed by atoms with E-state index in [9.17, 15) is 38.7 Å². The predicted molar refractivity (Wildman–Crippen MR) is 210 cm³/mol. The number of carbonyl (C=O) groups excluding carboxylic acids is 1. The van der Waals surface area contributed by atoms with Crippen molar-refractivity contribution in [3.05, 3.63) is 36.5 Å². The molecule has 1 rings (SSSR count). The van der Waals surface area contributed by atoms with Crippen molar-refractivity contribution >= 4 is 16.3 Å². The summed E-state index contributed by atoms with van der Waals surface area (Å²) in [4.78, 5) is 13.0. The molecule has 0 saturated carbocycles. The van der Waals surface area contributed by atoms with Gasteiger partial charge in [0.05, 0.1) is 25.4 Å². The molecule has 316 valence electrons. The lowest BCUT2D eigenvalue weighted by Gasteiger charge is -2.41. The first-order valence-electron chi connectivity index (χ1n) is 20.5. The van der Waals surface area contributed by atoms with Gasteiger partial charge in [-0.3, -0.25) is 9.35 Å². The Morgan fingerprint density at radius 2 is 1.26 bits per heavy atom. The molecule has 14 heteroatoms. The van der Waals surface area contributed by atoms with Crippen LogP contribution in [0.1, 0.15) is 149 Å². The monoisotopic (exact) mass is 791 g/mol. The summed E-state index contributed by atoms with van der Waals surface area (Å²) in [6, 6.07) is -1.12. The summed E-state index contributed by atoms with van der Waals surface area (Å²) in [6.07, 6.45) is 22.4. The minimum absolute atomic E-state index is 0.224. The van der Waals surface area contributed by atoms with Crippen LogP contribution in [0.5, 0.6) is 0 Å². The van der Waals surface area contributed by atoms with E-state index in [4.69, 9.17) is 14.0 Å². The minimum Gasteiger partial charge on any atom is -0.394 e. The van der Waals surface area contributed by atoms with Gasteiger partial charge in [-0.15, -0.1) is 0 Å². The Morgan fingerprint density at radius 1 is 0.759 bits per heavy atom. The highest BCUT2D eigenvalue weighted by molar-refractivity contribution is 7.80. The smallest absolute Gasteiger partial charge is 0.394 e. The molecular formula is C40H73NO12S. The minimum atomic E-state index is -5.11. The Bertz CT molecular complexity index is 1130. The van der Waals surface area contributed by atoms with Crippen LogP contribution in [0.15, 0.2) is 36.5 Å². The largest absolute Gasteiger partial charge is 0.397 e. The number of hydrogen-bond donors (Lipinski definition) is 7. The van der Waals surface area contributed by atoms with Crippen LogP contribution < -0.4 is 5.32 Å². The van der Waals surface area contributed by atoms with E-state index in [1.165, 1.54) is 63.9 Å². The predicted octanol–water partition coefficient (Wildman–Crippen LogP) is 5.74. The van der Waals surface area contributed by atoms with Crippen LogP contribution >= 0.6 is 0 Å². The van der Waals surface area contributed by atoms with Crippen molar-refractivity contribution in [3.63, 3.8) is 0 Å². The standard InChI is InChI=1S/C40H73NO12S/c1-3-5-7-9-11-13-15-16-17-19-21-23-25-27-29-34(44)39(47)41-32(33(43)28-26-24-22-20-18-14-12-10-8-6-4-2)31-51-40-37(46)38(53-54(48,49)50)36(45)35(30-42)52-40/h11,13,15-16,26,28,32-38,40,42-46H,3-10,12,14,17-25,27,29-31H2,1-2H3,(H,41,47)(H,48,49,50)/b13-11-,16-15-,28-26+.